The van der Waals surface area contributed by atoms with Crippen LogP contribution in [-0.2, 0) is 13.6 Å². The zero-order valence-electron chi connectivity index (χ0n) is 12.1. The lowest BCUT2D eigenvalue weighted by Crippen LogP contribution is -2.24. The highest BCUT2D eigenvalue weighted by atomic mass is 16.5. The third-order valence-corrected chi connectivity index (χ3v) is 3.78. The average Bonchev–Trinajstić information content (AvgIpc) is 3.19. The van der Waals surface area contributed by atoms with Crippen molar-refractivity contribution in [3.63, 3.8) is 0 Å². The molecule has 2 aromatic heterocycles. The van der Waals surface area contributed by atoms with E-state index in [2.05, 4.69) is 25.9 Å². The minimum Gasteiger partial charge on any atom is -0.345 e. The quantitative estimate of drug-likeness (QED) is 0.849. The maximum Gasteiger partial charge on any atom is 0.292 e. The molecule has 21 heavy (non-hydrogen) atoms. The fourth-order valence-electron chi connectivity index (χ4n) is 2.34. The van der Waals surface area contributed by atoms with Crippen molar-refractivity contribution in [3.8, 4) is 0 Å². The van der Waals surface area contributed by atoms with Gasteiger partial charge < -0.3 is 15.2 Å². The molecule has 1 unspecified atom stereocenters. The monoisotopic (exact) mass is 290 g/mol. The van der Waals surface area contributed by atoms with Gasteiger partial charge in [0, 0.05) is 24.8 Å². The Labute approximate surface area is 121 Å². The predicted octanol–water partition coefficient (Wildman–Crippen LogP) is 0.466. The molecule has 0 bridgehead atoms. The van der Waals surface area contributed by atoms with Crippen LogP contribution in [-0.4, -0.2) is 32.4 Å². The van der Waals surface area contributed by atoms with Crippen LogP contribution in [0.4, 0.5) is 0 Å². The van der Waals surface area contributed by atoms with Crippen molar-refractivity contribution in [2.45, 2.75) is 32.4 Å². The van der Waals surface area contributed by atoms with Gasteiger partial charge in [0.2, 0.25) is 5.89 Å². The molecule has 1 aliphatic rings. The van der Waals surface area contributed by atoms with E-state index in [4.69, 9.17) is 4.52 Å². The molecular weight excluding hydrogens is 272 g/mol. The minimum absolute atomic E-state index is 0.0691. The smallest absolute Gasteiger partial charge is 0.292 e. The first kappa shape index (κ1) is 13.7. The molecule has 1 saturated heterocycles. The van der Waals surface area contributed by atoms with Gasteiger partial charge in [0.05, 0.1) is 12.2 Å². The second-order valence-corrected chi connectivity index (χ2v) is 5.17. The van der Waals surface area contributed by atoms with Crippen molar-refractivity contribution >= 4 is 5.91 Å². The van der Waals surface area contributed by atoms with Crippen LogP contribution in [0.2, 0.25) is 0 Å². The van der Waals surface area contributed by atoms with E-state index in [-0.39, 0.29) is 17.8 Å². The molecule has 112 valence electrons. The number of aryl methyl sites for hydroxylation is 1. The second kappa shape index (κ2) is 5.65. The van der Waals surface area contributed by atoms with Crippen molar-refractivity contribution < 1.29 is 9.32 Å². The normalized spacial score (nSPS) is 18.1. The molecule has 1 atom stereocenters. The topological polar surface area (TPSA) is 97.9 Å². The maximum absolute atomic E-state index is 12.0. The minimum atomic E-state index is -0.341. The molecule has 3 rings (SSSR count). The summed E-state index contributed by atoms with van der Waals surface area (Å²) < 4.78 is 6.91. The summed E-state index contributed by atoms with van der Waals surface area (Å²) in [7, 11) is 1.86. The summed E-state index contributed by atoms with van der Waals surface area (Å²) in [5.74, 6) is 0.210. The van der Waals surface area contributed by atoms with E-state index in [1.807, 2.05) is 14.0 Å². The molecule has 0 aromatic carbocycles. The van der Waals surface area contributed by atoms with E-state index >= 15 is 0 Å². The number of hydrogen-bond donors (Lipinski definition) is 2. The molecule has 2 aromatic rings. The molecular formula is C13H18N6O2. The summed E-state index contributed by atoms with van der Waals surface area (Å²) in [6.07, 6.45) is 3.77. The highest BCUT2D eigenvalue weighted by Crippen LogP contribution is 2.20. The molecule has 8 heteroatoms. The van der Waals surface area contributed by atoms with Crippen LogP contribution in [0.5, 0.6) is 0 Å². The van der Waals surface area contributed by atoms with Gasteiger partial charge in [-0.3, -0.25) is 9.48 Å². The van der Waals surface area contributed by atoms with E-state index in [1.165, 1.54) is 0 Å². The lowest BCUT2D eigenvalue weighted by Gasteiger charge is -2.02. The van der Waals surface area contributed by atoms with Crippen LogP contribution in [0.15, 0.2) is 10.7 Å². The lowest BCUT2D eigenvalue weighted by atomic mass is 10.2. The first-order valence-electron chi connectivity index (χ1n) is 6.98. The van der Waals surface area contributed by atoms with Crippen molar-refractivity contribution in [2.24, 2.45) is 7.05 Å². The van der Waals surface area contributed by atoms with Crippen molar-refractivity contribution in [2.75, 3.05) is 6.54 Å². The standard InChI is InChI=1S/C13H18N6O2/c1-8-9(7-16-19(8)2)6-15-12(20)11-17-13(21-18-11)10-4-3-5-14-10/h7,10,14H,3-6H2,1-2H3,(H,15,20). The summed E-state index contributed by atoms with van der Waals surface area (Å²) in [6.45, 7) is 3.28. The first-order chi connectivity index (χ1) is 10.1. The average molecular weight is 290 g/mol. The third kappa shape index (κ3) is 2.80. The van der Waals surface area contributed by atoms with Gasteiger partial charge in [-0.2, -0.15) is 10.1 Å². The van der Waals surface area contributed by atoms with Gasteiger partial charge in [0.1, 0.15) is 0 Å². The molecule has 1 fully saturated rings. The first-order valence-corrected chi connectivity index (χ1v) is 6.98. The van der Waals surface area contributed by atoms with E-state index in [0.717, 1.165) is 30.6 Å². The van der Waals surface area contributed by atoms with Gasteiger partial charge in [-0.25, -0.2) is 0 Å². The molecule has 1 aliphatic heterocycles. The van der Waals surface area contributed by atoms with Gasteiger partial charge in [-0.15, -0.1) is 0 Å². The van der Waals surface area contributed by atoms with Crippen LogP contribution in [0, 0.1) is 6.92 Å². The Kier molecular flexibility index (Phi) is 3.70. The summed E-state index contributed by atoms with van der Waals surface area (Å²) in [4.78, 5) is 16.2. The van der Waals surface area contributed by atoms with Crippen LogP contribution in [0.3, 0.4) is 0 Å². The second-order valence-electron chi connectivity index (χ2n) is 5.17. The van der Waals surface area contributed by atoms with Gasteiger partial charge in [-0.1, -0.05) is 5.16 Å². The molecule has 8 nitrogen and oxygen atoms in total. The molecule has 0 spiro atoms. The Morgan fingerprint density at radius 3 is 3.14 bits per heavy atom. The summed E-state index contributed by atoms with van der Waals surface area (Å²) in [5, 5.41) is 13.9. The van der Waals surface area contributed by atoms with Crippen LogP contribution >= 0.6 is 0 Å². The zero-order chi connectivity index (χ0) is 14.8. The van der Waals surface area contributed by atoms with E-state index < -0.39 is 0 Å². The van der Waals surface area contributed by atoms with E-state index in [1.54, 1.807) is 10.9 Å². The molecule has 1 amide bonds. The number of rotatable bonds is 4. The Morgan fingerprint density at radius 1 is 1.62 bits per heavy atom. The number of nitrogens with zero attached hydrogens (tertiary/aromatic N) is 4. The molecule has 3 heterocycles. The number of nitrogens with one attached hydrogen (secondary N) is 2. The van der Waals surface area contributed by atoms with Crippen LogP contribution in [0.1, 0.15) is 46.7 Å². The summed E-state index contributed by atoms with van der Waals surface area (Å²) in [5.41, 5.74) is 1.98. The predicted molar refractivity (Wildman–Crippen MR) is 73.4 cm³/mol. The Hall–Kier alpha value is -2.22. The Balaban J connectivity index is 1.61. The molecule has 2 N–H and O–H groups in total. The zero-order valence-corrected chi connectivity index (χ0v) is 12.1. The SMILES string of the molecule is Cc1c(CNC(=O)c2noc(C3CCCN3)n2)cnn1C. The summed E-state index contributed by atoms with van der Waals surface area (Å²) >= 11 is 0. The van der Waals surface area contributed by atoms with Gasteiger partial charge in [0.15, 0.2) is 0 Å². The molecule has 0 aliphatic carbocycles. The van der Waals surface area contributed by atoms with Gasteiger partial charge >= 0.3 is 0 Å². The van der Waals surface area contributed by atoms with Crippen molar-refractivity contribution in [3.05, 3.63) is 29.2 Å². The molecule has 0 radical (unpaired) electrons. The largest absolute Gasteiger partial charge is 0.345 e. The molecule has 0 saturated carbocycles. The third-order valence-electron chi connectivity index (χ3n) is 3.78. The van der Waals surface area contributed by atoms with Gasteiger partial charge in [0.25, 0.3) is 11.7 Å². The van der Waals surface area contributed by atoms with Crippen molar-refractivity contribution in [1.82, 2.24) is 30.6 Å². The maximum atomic E-state index is 12.0. The lowest BCUT2D eigenvalue weighted by molar-refractivity contribution is 0.0937. The highest BCUT2D eigenvalue weighted by Gasteiger charge is 2.24. The Morgan fingerprint density at radius 2 is 2.48 bits per heavy atom. The Bertz CT molecular complexity index is 641. The highest BCUT2D eigenvalue weighted by molar-refractivity contribution is 5.90. The van der Waals surface area contributed by atoms with Crippen LogP contribution < -0.4 is 10.6 Å². The number of hydrogen-bond acceptors (Lipinski definition) is 6. The van der Waals surface area contributed by atoms with Crippen LogP contribution in [0.25, 0.3) is 0 Å². The van der Waals surface area contributed by atoms with E-state index in [0.29, 0.717) is 12.4 Å². The number of amides is 1. The fraction of sp³-hybridized carbons (Fsp3) is 0.538. The summed E-state index contributed by atoms with van der Waals surface area (Å²) in [6, 6.07) is 0.0691. The fourth-order valence-corrected chi connectivity index (χ4v) is 2.34. The van der Waals surface area contributed by atoms with E-state index in [9.17, 15) is 4.79 Å². The van der Waals surface area contributed by atoms with Crippen molar-refractivity contribution in [1.29, 1.82) is 0 Å². The van der Waals surface area contributed by atoms with Gasteiger partial charge in [-0.05, 0) is 26.3 Å². The number of aromatic nitrogens is 4. The number of carbonyl (C=O) groups excluding carboxylic acids is 1. The number of carbonyl (C=O) groups is 1.